The van der Waals surface area contributed by atoms with E-state index in [9.17, 15) is 9.90 Å². The summed E-state index contributed by atoms with van der Waals surface area (Å²) in [6.07, 6.45) is 3.71. The van der Waals surface area contributed by atoms with Crippen molar-refractivity contribution < 1.29 is 9.90 Å². The van der Waals surface area contributed by atoms with Gasteiger partial charge in [-0.1, -0.05) is 26.0 Å². The Labute approximate surface area is 148 Å². The van der Waals surface area contributed by atoms with Crippen molar-refractivity contribution in [2.75, 3.05) is 19.6 Å². The summed E-state index contributed by atoms with van der Waals surface area (Å²) in [7, 11) is 0. The molecule has 0 aliphatic carbocycles. The molecule has 6 nitrogen and oxygen atoms in total. The van der Waals surface area contributed by atoms with Gasteiger partial charge in [-0.25, -0.2) is 4.68 Å². The maximum Gasteiger partial charge on any atom is 0.275 e. The van der Waals surface area contributed by atoms with E-state index >= 15 is 0 Å². The third-order valence-electron chi connectivity index (χ3n) is 4.68. The van der Waals surface area contributed by atoms with Crippen LogP contribution >= 0.6 is 0 Å². The van der Waals surface area contributed by atoms with Crippen molar-refractivity contribution in [3.05, 3.63) is 41.7 Å². The highest BCUT2D eigenvalue weighted by molar-refractivity contribution is 5.94. The fraction of sp³-hybridized carbons (Fsp3) is 0.474. The van der Waals surface area contributed by atoms with Gasteiger partial charge >= 0.3 is 0 Å². The Bertz CT molecular complexity index is 716. The largest absolute Gasteiger partial charge is 0.504 e. The summed E-state index contributed by atoms with van der Waals surface area (Å²) in [6.45, 7) is 6.84. The van der Waals surface area contributed by atoms with Gasteiger partial charge in [-0.05, 0) is 55.5 Å². The first-order valence-electron chi connectivity index (χ1n) is 8.92. The van der Waals surface area contributed by atoms with E-state index in [0.29, 0.717) is 18.4 Å². The maximum absolute atomic E-state index is 12.3. The number of piperidine rings is 1. The van der Waals surface area contributed by atoms with Crippen molar-refractivity contribution in [1.29, 1.82) is 0 Å². The number of rotatable bonds is 5. The van der Waals surface area contributed by atoms with E-state index in [0.717, 1.165) is 31.6 Å². The van der Waals surface area contributed by atoms with Gasteiger partial charge < -0.3 is 15.7 Å². The molecule has 1 unspecified atom stereocenters. The second-order valence-electron chi connectivity index (χ2n) is 6.98. The van der Waals surface area contributed by atoms with Crippen molar-refractivity contribution in [3.63, 3.8) is 0 Å². The van der Waals surface area contributed by atoms with E-state index in [1.54, 1.807) is 0 Å². The molecule has 3 N–H and O–H groups in total. The van der Waals surface area contributed by atoms with Gasteiger partial charge in [0.05, 0.1) is 11.9 Å². The molecule has 1 aliphatic rings. The predicted octanol–water partition coefficient (Wildman–Crippen LogP) is 2.43. The maximum atomic E-state index is 12.3. The van der Waals surface area contributed by atoms with Gasteiger partial charge in [0.1, 0.15) is 0 Å². The molecule has 1 aromatic carbocycles. The molecule has 0 saturated carbocycles. The monoisotopic (exact) mass is 342 g/mol. The molecule has 2 heterocycles. The average molecular weight is 342 g/mol. The van der Waals surface area contributed by atoms with E-state index in [1.165, 1.54) is 16.4 Å². The summed E-state index contributed by atoms with van der Waals surface area (Å²) >= 11 is 0. The lowest BCUT2D eigenvalue weighted by molar-refractivity contribution is 0.0937. The number of nitrogens with zero attached hydrogens (tertiary/aromatic N) is 2. The molecule has 6 heteroatoms. The Kier molecular flexibility index (Phi) is 5.38. The van der Waals surface area contributed by atoms with Gasteiger partial charge in [0, 0.05) is 6.54 Å². The van der Waals surface area contributed by atoms with E-state index < -0.39 is 0 Å². The van der Waals surface area contributed by atoms with Crippen LogP contribution in [-0.4, -0.2) is 40.4 Å². The number of amides is 1. The molecular formula is C19H26N4O2. The smallest absolute Gasteiger partial charge is 0.275 e. The number of aromatic hydroxyl groups is 1. The second-order valence-corrected chi connectivity index (χ2v) is 6.98. The predicted molar refractivity (Wildman–Crippen MR) is 97.2 cm³/mol. The van der Waals surface area contributed by atoms with Crippen LogP contribution in [0.15, 0.2) is 30.5 Å². The van der Waals surface area contributed by atoms with Crippen LogP contribution in [-0.2, 0) is 0 Å². The molecule has 1 fully saturated rings. The zero-order valence-corrected chi connectivity index (χ0v) is 14.8. The molecule has 1 aliphatic heterocycles. The first-order valence-corrected chi connectivity index (χ1v) is 8.92. The quantitative estimate of drug-likeness (QED) is 0.780. The minimum absolute atomic E-state index is 0.0664. The minimum atomic E-state index is -0.333. The van der Waals surface area contributed by atoms with Gasteiger partial charge in [0.25, 0.3) is 5.91 Å². The summed E-state index contributed by atoms with van der Waals surface area (Å²) in [5.41, 5.74) is 2.12. The van der Waals surface area contributed by atoms with Crippen LogP contribution in [0.4, 0.5) is 0 Å². The van der Waals surface area contributed by atoms with Crippen LogP contribution in [0.1, 0.15) is 48.7 Å². The number of aromatic nitrogens is 2. The Morgan fingerprint density at radius 3 is 2.80 bits per heavy atom. The molecule has 2 aromatic rings. The molecule has 1 aromatic heterocycles. The highest BCUT2D eigenvalue weighted by atomic mass is 16.3. The molecule has 0 radical (unpaired) electrons. The number of hydrogen-bond acceptors (Lipinski definition) is 4. The average Bonchev–Trinajstić information content (AvgIpc) is 3.02. The molecular weight excluding hydrogens is 316 g/mol. The summed E-state index contributed by atoms with van der Waals surface area (Å²) in [5, 5.41) is 20.6. The summed E-state index contributed by atoms with van der Waals surface area (Å²) < 4.78 is 1.54. The normalized spacial score (nSPS) is 17.6. The molecule has 0 bridgehead atoms. The zero-order chi connectivity index (χ0) is 17.8. The first-order chi connectivity index (χ1) is 12.0. The third kappa shape index (κ3) is 4.20. The molecule has 1 saturated heterocycles. The van der Waals surface area contributed by atoms with E-state index in [1.807, 2.05) is 24.3 Å². The Balaban J connectivity index is 1.67. The van der Waals surface area contributed by atoms with Crippen molar-refractivity contribution >= 4 is 5.91 Å². The molecule has 0 spiro atoms. The minimum Gasteiger partial charge on any atom is -0.504 e. The Hall–Kier alpha value is -2.34. The molecule has 3 rings (SSSR count). The van der Waals surface area contributed by atoms with Crippen LogP contribution in [0.5, 0.6) is 5.75 Å². The molecule has 134 valence electrons. The van der Waals surface area contributed by atoms with Gasteiger partial charge in [0.15, 0.2) is 11.4 Å². The molecule has 1 atom stereocenters. The van der Waals surface area contributed by atoms with E-state index in [-0.39, 0.29) is 17.4 Å². The van der Waals surface area contributed by atoms with Crippen LogP contribution in [0.3, 0.4) is 0 Å². The van der Waals surface area contributed by atoms with Gasteiger partial charge in [-0.2, -0.15) is 5.10 Å². The van der Waals surface area contributed by atoms with Crippen molar-refractivity contribution in [3.8, 4) is 11.4 Å². The highest BCUT2D eigenvalue weighted by Crippen LogP contribution is 2.21. The van der Waals surface area contributed by atoms with Gasteiger partial charge in [-0.3, -0.25) is 4.79 Å². The number of benzene rings is 1. The van der Waals surface area contributed by atoms with Crippen molar-refractivity contribution in [2.45, 2.75) is 32.6 Å². The lowest BCUT2D eigenvalue weighted by Gasteiger charge is -2.22. The lowest BCUT2D eigenvalue weighted by Crippen LogP contribution is -2.38. The lowest BCUT2D eigenvalue weighted by atomic mass is 10.00. The van der Waals surface area contributed by atoms with Gasteiger partial charge in [-0.15, -0.1) is 0 Å². The van der Waals surface area contributed by atoms with Crippen LogP contribution in [0.25, 0.3) is 5.69 Å². The summed E-state index contributed by atoms with van der Waals surface area (Å²) in [6, 6.07) is 7.96. The molecule has 25 heavy (non-hydrogen) atoms. The van der Waals surface area contributed by atoms with Crippen molar-refractivity contribution in [1.82, 2.24) is 20.4 Å². The standard InChI is InChI=1S/C19H26N4O2/c1-13(2)15-5-7-16(8-6-15)23-12-17(24)18(22-23)19(25)21-11-14-4-3-9-20-10-14/h5-8,12-14,20,24H,3-4,9-11H2,1-2H3,(H,21,25). The van der Waals surface area contributed by atoms with Gasteiger partial charge in [0.2, 0.25) is 0 Å². The SMILES string of the molecule is CC(C)c1ccc(-n2cc(O)c(C(=O)NCC3CCCNC3)n2)cc1. The van der Waals surface area contributed by atoms with E-state index in [4.69, 9.17) is 0 Å². The number of carbonyl (C=O) groups excluding carboxylic acids is 1. The zero-order valence-electron chi connectivity index (χ0n) is 14.8. The fourth-order valence-corrected chi connectivity index (χ4v) is 3.09. The number of carbonyl (C=O) groups is 1. The first kappa shape index (κ1) is 17.5. The molecule has 1 amide bonds. The summed E-state index contributed by atoms with van der Waals surface area (Å²) in [4.78, 5) is 12.3. The second kappa shape index (κ2) is 7.70. The number of hydrogen-bond donors (Lipinski definition) is 3. The number of nitrogens with one attached hydrogen (secondary N) is 2. The van der Waals surface area contributed by atoms with Crippen LogP contribution in [0, 0.1) is 5.92 Å². The van der Waals surface area contributed by atoms with Crippen LogP contribution < -0.4 is 10.6 Å². The Morgan fingerprint density at radius 1 is 1.40 bits per heavy atom. The highest BCUT2D eigenvalue weighted by Gasteiger charge is 2.19. The topological polar surface area (TPSA) is 79.2 Å². The Morgan fingerprint density at radius 2 is 2.16 bits per heavy atom. The van der Waals surface area contributed by atoms with Crippen LogP contribution in [0.2, 0.25) is 0 Å². The van der Waals surface area contributed by atoms with E-state index in [2.05, 4.69) is 29.6 Å². The fourth-order valence-electron chi connectivity index (χ4n) is 3.09. The summed E-state index contributed by atoms with van der Waals surface area (Å²) in [5.74, 6) is 0.453. The van der Waals surface area contributed by atoms with Crippen molar-refractivity contribution in [2.24, 2.45) is 5.92 Å². The third-order valence-corrected chi connectivity index (χ3v) is 4.68.